The molecule has 0 spiro atoms. The number of aromatic nitrogens is 5. The van der Waals surface area contributed by atoms with E-state index >= 15 is 0 Å². The molecule has 0 aliphatic heterocycles. The summed E-state index contributed by atoms with van der Waals surface area (Å²) in [6.07, 6.45) is 2.97. The third kappa shape index (κ3) is 2.70. The van der Waals surface area contributed by atoms with Gasteiger partial charge in [0.15, 0.2) is 0 Å². The molecule has 7 nitrogen and oxygen atoms in total. The third-order valence-electron chi connectivity index (χ3n) is 1.87. The number of rotatable bonds is 4. The van der Waals surface area contributed by atoms with Gasteiger partial charge in [-0.2, -0.15) is 4.98 Å². The van der Waals surface area contributed by atoms with E-state index in [9.17, 15) is 0 Å². The largest absolute Gasteiger partial charge is 0.403 e. The van der Waals surface area contributed by atoms with Crippen molar-refractivity contribution in [3.05, 3.63) is 17.1 Å². The minimum Gasteiger partial charge on any atom is -0.403 e. The van der Waals surface area contributed by atoms with Gasteiger partial charge in [-0.1, -0.05) is 0 Å². The van der Waals surface area contributed by atoms with Gasteiger partial charge in [-0.25, -0.2) is 9.97 Å². The number of aryl methyl sites for hydroxylation is 1. The van der Waals surface area contributed by atoms with Gasteiger partial charge in [0.05, 0.1) is 0 Å². The fraction of sp³-hybridized carbons (Fsp3) is 0.333. The van der Waals surface area contributed by atoms with Crippen LogP contribution in [-0.2, 0) is 7.05 Å². The Kier molecular flexibility index (Phi) is 3.52. The average Bonchev–Trinajstić information content (AvgIpc) is 2.70. The first-order valence-corrected chi connectivity index (χ1v) is 5.78. The van der Waals surface area contributed by atoms with Crippen molar-refractivity contribution in [2.75, 3.05) is 11.9 Å². The highest BCUT2D eigenvalue weighted by Crippen LogP contribution is 2.30. The zero-order valence-corrected chi connectivity index (χ0v) is 11.0. The van der Waals surface area contributed by atoms with Gasteiger partial charge < -0.3 is 10.1 Å². The molecule has 8 heteroatoms. The molecule has 2 heterocycles. The molecule has 90 valence electrons. The van der Waals surface area contributed by atoms with Crippen LogP contribution in [0.1, 0.15) is 6.92 Å². The molecule has 0 fully saturated rings. The van der Waals surface area contributed by atoms with Crippen molar-refractivity contribution in [2.24, 2.45) is 7.05 Å². The maximum atomic E-state index is 5.44. The summed E-state index contributed by atoms with van der Waals surface area (Å²) in [5.74, 6) is 1.05. The Balaban J connectivity index is 2.23. The zero-order valence-electron chi connectivity index (χ0n) is 9.38. The monoisotopic (exact) mass is 298 g/mol. The Hall–Kier alpha value is -1.70. The standard InChI is InChI=1S/C9H11BrN6O/c1-3-11-7-6(10)8(13-4-12-7)17-9-14-5-16(2)15-9/h4-5H,3H2,1-2H3,(H,11,12,13). The van der Waals surface area contributed by atoms with E-state index in [4.69, 9.17) is 4.74 Å². The second-order valence-electron chi connectivity index (χ2n) is 3.17. The summed E-state index contributed by atoms with van der Waals surface area (Å²) in [6, 6.07) is 0.245. The van der Waals surface area contributed by atoms with Crippen LogP contribution in [0.4, 0.5) is 5.82 Å². The molecule has 0 bridgehead atoms. The number of hydrogen-bond donors (Lipinski definition) is 1. The van der Waals surface area contributed by atoms with E-state index in [1.54, 1.807) is 18.1 Å². The molecule has 0 atom stereocenters. The maximum absolute atomic E-state index is 5.44. The Morgan fingerprint density at radius 1 is 1.41 bits per heavy atom. The SMILES string of the molecule is CCNc1ncnc(Oc2ncn(C)n2)c1Br. The van der Waals surface area contributed by atoms with Crippen molar-refractivity contribution in [1.82, 2.24) is 24.7 Å². The quantitative estimate of drug-likeness (QED) is 0.923. The molecule has 0 aromatic carbocycles. The van der Waals surface area contributed by atoms with Crippen LogP contribution in [0, 0.1) is 0 Å². The van der Waals surface area contributed by atoms with E-state index in [1.807, 2.05) is 6.92 Å². The smallest absolute Gasteiger partial charge is 0.342 e. The number of ether oxygens (including phenoxy) is 1. The van der Waals surface area contributed by atoms with Crippen LogP contribution in [0.25, 0.3) is 0 Å². The van der Waals surface area contributed by atoms with Gasteiger partial charge in [-0.3, -0.25) is 4.68 Å². The summed E-state index contributed by atoms with van der Waals surface area (Å²) in [7, 11) is 1.76. The number of anilines is 1. The van der Waals surface area contributed by atoms with E-state index in [0.717, 1.165) is 6.54 Å². The lowest BCUT2D eigenvalue weighted by Gasteiger charge is -2.07. The molecule has 0 aliphatic rings. The lowest BCUT2D eigenvalue weighted by Crippen LogP contribution is -2.02. The summed E-state index contributed by atoms with van der Waals surface area (Å²) >= 11 is 3.37. The van der Waals surface area contributed by atoms with Crippen LogP contribution in [-0.4, -0.2) is 31.3 Å². The first kappa shape index (κ1) is 11.8. The second-order valence-corrected chi connectivity index (χ2v) is 3.97. The second kappa shape index (κ2) is 5.09. The van der Waals surface area contributed by atoms with Crippen LogP contribution in [0.3, 0.4) is 0 Å². The van der Waals surface area contributed by atoms with Crippen LogP contribution in [0.15, 0.2) is 17.1 Å². The number of nitrogens with zero attached hydrogens (tertiary/aromatic N) is 5. The molecular weight excluding hydrogens is 288 g/mol. The lowest BCUT2D eigenvalue weighted by atomic mass is 10.5. The Bertz CT molecular complexity index is 514. The van der Waals surface area contributed by atoms with E-state index in [0.29, 0.717) is 16.2 Å². The minimum atomic E-state index is 0.245. The Labute approximate surface area is 106 Å². The topological polar surface area (TPSA) is 77.8 Å². The summed E-state index contributed by atoms with van der Waals surface area (Å²) in [5.41, 5.74) is 0. The highest BCUT2D eigenvalue weighted by atomic mass is 79.9. The van der Waals surface area contributed by atoms with E-state index in [1.165, 1.54) is 6.33 Å². The van der Waals surface area contributed by atoms with Crippen LogP contribution in [0.5, 0.6) is 11.9 Å². The van der Waals surface area contributed by atoms with Crippen LogP contribution in [0.2, 0.25) is 0 Å². The molecule has 1 N–H and O–H groups in total. The fourth-order valence-corrected chi connectivity index (χ4v) is 1.59. The maximum Gasteiger partial charge on any atom is 0.342 e. The Morgan fingerprint density at radius 3 is 2.88 bits per heavy atom. The summed E-state index contributed by atoms with van der Waals surface area (Å²) in [5, 5.41) is 7.09. The average molecular weight is 299 g/mol. The van der Waals surface area contributed by atoms with Gasteiger partial charge in [0.1, 0.15) is 22.9 Å². The number of halogens is 1. The molecule has 0 aliphatic carbocycles. The van der Waals surface area contributed by atoms with Gasteiger partial charge in [-0.05, 0) is 22.9 Å². The molecule has 2 rings (SSSR count). The molecule has 0 unspecified atom stereocenters. The minimum absolute atomic E-state index is 0.245. The molecule has 2 aromatic heterocycles. The third-order valence-corrected chi connectivity index (χ3v) is 2.58. The fourth-order valence-electron chi connectivity index (χ4n) is 1.17. The summed E-state index contributed by atoms with van der Waals surface area (Å²) < 4.78 is 7.63. The predicted molar refractivity (Wildman–Crippen MR) is 65.0 cm³/mol. The predicted octanol–water partition coefficient (Wildman–Crippen LogP) is 1.59. The first-order chi connectivity index (χ1) is 8.20. The molecule has 17 heavy (non-hydrogen) atoms. The summed E-state index contributed by atoms with van der Waals surface area (Å²) in [4.78, 5) is 12.1. The van der Waals surface area contributed by atoms with E-state index < -0.39 is 0 Å². The van der Waals surface area contributed by atoms with Crippen molar-refractivity contribution < 1.29 is 4.74 Å². The van der Waals surface area contributed by atoms with Gasteiger partial charge >= 0.3 is 6.01 Å². The summed E-state index contributed by atoms with van der Waals surface area (Å²) in [6.45, 7) is 2.74. The Morgan fingerprint density at radius 2 is 2.24 bits per heavy atom. The van der Waals surface area contributed by atoms with Crippen LogP contribution < -0.4 is 10.1 Å². The normalized spacial score (nSPS) is 10.3. The van der Waals surface area contributed by atoms with Crippen molar-refractivity contribution in [3.63, 3.8) is 0 Å². The lowest BCUT2D eigenvalue weighted by molar-refractivity contribution is 0.419. The van der Waals surface area contributed by atoms with Crippen molar-refractivity contribution in [3.8, 4) is 11.9 Å². The zero-order chi connectivity index (χ0) is 12.3. The number of nitrogens with one attached hydrogen (secondary N) is 1. The molecule has 2 aromatic rings. The van der Waals surface area contributed by atoms with Gasteiger partial charge in [0.25, 0.3) is 0 Å². The first-order valence-electron chi connectivity index (χ1n) is 4.98. The van der Waals surface area contributed by atoms with Gasteiger partial charge in [0.2, 0.25) is 5.88 Å². The van der Waals surface area contributed by atoms with Crippen LogP contribution >= 0.6 is 15.9 Å². The number of hydrogen-bond acceptors (Lipinski definition) is 6. The van der Waals surface area contributed by atoms with Crippen molar-refractivity contribution in [2.45, 2.75) is 6.92 Å². The van der Waals surface area contributed by atoms with Crippen molar-refractivity contribution in [1.29, 1.82) is 0 Å². The van der Waals surface area contributed by atoms with Gasteiger partial charge in [-0.15, -0.1) is 5.10 Å². The molecule has 0 radical (unpaired) electrons. The van der Waals surface area contributed by atoms with E-state index in [-0.39, 0.29) is 6.01 Å². The molecular formula is C9H11BrN6O. The van der Waals surface area contributed by atoms with Crippen molar-refractivity contribution >= 4 is 21.7 Å². The molecule has 0 saturated carbocycles. The highest BCUT2D eigenvalue weighted by Gasteiger charge is 2.11. The highest BCUT2D eigenvalue weighted by molar-refractivity contribution is 9.10. The van der Waals surface area contributed by atoms with E-state index in [2.05, 4.69) is 41.3 Å². The van der Waals surface area contributed by atoms with Gasteiger partial charge in [0, 0.05) is 13.6 Å². The molecule has 0 saturated heterocycles. The molecule has 0 amide bonds.